The molecule has 0 atom stereocenters. The SMILES string of the molecule is C.CC(=O)O/N=C1\CCc2ccc3cc(Br)ccc3c21.COC(=O)O/N=C1\CCc2ccc3ccccc3c21.O=C(O/N=C1\CCc2ccc3ccccc3c21)c1ccccc1. The number of benzene rings is 7. The van der Waals surface area contributed by atoms with Crippen LogP contribution in [0.15, 0.2) is 153 Å². The molecule has 11 heteroatoms. The Morgan fingerprint density at radius 2 is 0.952 bits per heavy atom. The van der Waals surface area contributed by atoms with Crippen LogP contribution < -0.4 is 0 Å². The average Bonchev–Trinajstić information content (AvgIpc) is 4.04. The highest BCUT2D eigenvalue weighted by Gasteiger charge is 2.24. The van der Waals surface area contributed by atoms with Crippen molar-refractivity contribution in [3.8, 4) is 0 Å². The van der Waals surface area contributed by atoms with E-state index in [4.69, 9.17) is 14.5 Å². The van der Waals surface area contributed by atoms with Crippen LogP contribution in [-0.4, -0.2) is 42.3 Å². The molecule has 0 fully saturated rings. The summed E-state index contributed by atoms with van der Waals surface area (Å²) in [6.45, 7) is 1.36. The minimum absolute atomic E-state index is 0. The number of carbonyl (C=O) groups is 3. The van der Waals surface area contributed by atoms with E-state index in [1.54, 1.807) is 12.1 Å². The molecule has 0 saturated carbocycles. The van der Waals surface area contributed by atoms with Gasteiger partial charge in [0.05, 0.1) is 29.8 Å². The van der Waals surface area contributed by atoms with Crippen molar-refractivity contribution in [2.75, 3.05) is 7.11 Å². The number of halogens is 1. The molecule has 312 valence electrons. The van der Waals surface area contributed by atoms with Crippen LogP contribution in [0.5, 0.6) is 0 Å². The molecular formula is C51H44BrN3O7. The first-order chi connectivity index (χ1) is 29.8. The Morgan fingerprint density at radius 1 is 0.500 bits per heavy atom. The molecule has 0 aliphatic heterocycles. The lowest BCUT2D eigenvalue weighted by Gasteiger charge is -2.06. The topological polar surface area (TPSA) is 125 Å². The number of aryl methyl sites for hydroxylation is 3. The first kappa shape index (κ1) is 43.1. The van der Waals surface area contributed by atoms with Crippen LogP contribution in [0, 0.1) is 0 Å². The second-order valence-corrected chi connectivity index (χ2v) is 15.5. The van der Waals surface area contributed by atoms with Gasteiger partial charge in [-0.05, 0) is 112 Å². The smallest absolute Gasteiger partial charge is 0.436 e. The Bertz CT molecular complexity index is 2920. The summed E-state index contributed by atoms with van der Waals surface area (Å²) < 4.78 is 5.47. The predicted molar refractivity (Wildman–Crippen MR) is 248 cm³/mol. The number of methoxy groups -OCH3 is 1. The molecule has 0 heterocycles. The van der Waals surface area contributed by atoms with Crippen molar-refractivity contribution in [3.63, 3.8) is 0 Å². The molecule has 10 nitrogen and oxygen atoms in total. The number of fused-ring (bicyclic) bond motifs is 9. The molecular weight excluding hydrogens is 846 g/mol. The summed E-state index contributed by atoms with van der Waals surface area (Å²) in [4.78, 5) is 48.6. The number of rotatable bonds is 4. The van der Waals surface area contributed by atoms with Gasteiger partial charge in [-0.25, -0.2) is 14.4 Å². The molecule has 3 aliphatic carbocycles. The third-order valence-corrected chi connectivity index (χ3v) is 11.3. The fourth-order valence-electron chi connectivity index (χ4n) is 8.01. The number of oxime groups is 3. The van der Waals surface area contributed by atoms with E-state index >= 15 is 0 Å². The Balaban J connectivity index is 0.000000140. The molecule has 0 amide bonds. The van der Waals surface area contributed by atoms with Crippen molar-refractivity contribution >= 4 is 83.5 Å². The standard InChI is InChI=1S/C20H15NO2.C15H12BrNO2.C15H13NO3.CH4/c22-20(16-7-2-1-3-8-16)23-21-18-13-12-15-11-10-14-6-4-5-9-17(14)19(15)18;1-9(18)19-17-14-7-4-10-2-3-11-8-12(16)5-6-13(11)15(10)14;1-18-15(17)19-16-13-9-8-11-7-6-10-4-2-3-5-12(10)14(11)13;/h1-11H,12-13H2;2-3,5-6,8H,4,7H2,1H3;2-7H,8-9H2,1H3;1H4/b21-18+;17-14+;16-13+;. The Hall–Kier alpha value is -6.98. The van der Waals surface area contributed by atoms with Crippen LogP contribution in [0.4, 0.5) is 4.79 Å². The van der Waals surface area contributed by atoms with E-state index < -0.39 is 12.1 Å². The summed E-state index contributed by atoms with van der Waals surface area (Å²) in [5.74, 6) is -0.810. The number of ether oxygens (including phenoxy) is 1. The molecule has 0 spiro atoms. The minimum atomic E-state index is -0.791. The number of carbonyl (C=O) groups excluding carboxylic acids is 3. The van der Waals surface area contributed by atoms with E-state index in [1.807, 2.05) is 48.5 Å². The lowest BCUT2D eigenvalue weighted by atomic mass is 10.0. The van der Waals surface area contributed by atoms with E-state index in [0.717, 1.165) is 104 Å². The maximum Gasteiger partial charge on any atom is 0.534 e. The third-order valence-electron chi connectivity index (χ3n) is 10.8. The van der Waals surface area contributed by atoms with Gasteiger partial charge in [0.1, 0.15) is 0 Å². The summed E-state index contributed by atoms with van der Waals surface area (Å²) in [5.41, 5.74) is 10.1. The second-order valence-electron chi connectivity index (χ2n) is 14.6. The largest absolute Gasteiger partial charge is 0.534 e. The zero-order valence-corrected chi connectivity index (χ0v) is 35.1. The second kappa shape index (κ2) is 19.6. The zero-order chi connectivity index (χ0) is 42.3. The summed E-state index contributed by atoms with van der Waals surface area (Å²) in [7, 11) is 1.26. The molecule has 0 unspecified atom stereocenters. The highest BCUT2D eigenvalue weighted by molar-refractivity contribution is 9.10. The van der Waals surface area contributed by atoms with Crippen LogP contribution >= 0.6 is 15.9 Å². The van der Waals surface area contributed by atoms with Gasteiger partial charge >= 0.3 is 18.1 Å². The zero-order valence-electron chi connectivity index (χ0n) is 33.5. The number of nitrogens with zero attached hydrogens (tertiary/aromatic N) is 3. The molecule has 0 aromatic heterocycles. The van der Waals surface area contributed by atoms with E-state index in [2.05, 4.69) is 109 Å². The van der Waals surface area contributed by atoms with Gasteiger partial charge in [0.15, 0.2) is 0 Å². The Labute approximate surface area is 367 Å². The fourth-order valence-corrected chi connectivity index (χ4v) is 8.39. The lowest BCUT2D eigenvalue weighted by molar-refractivity contribution is -0.140. The Kier molecular flexibility index (Phi) is 13.6. The minimum Gasteiger partial charge on any atom is -0.436 e. The van der Waals surface area contributed by atoms with Crippen molar-refractivity contribution < 1.29 is 33.6 Å². The maximum atomic E-state index is 12.0. The quantitative estimate of drug-likeness (QED) is 0.0978. The molecule has 0 N–H and O–H groups in total. The van der Waals surface area contributed by atoms with Gasteiger partial charge in [-0.15, -0.1) is 0 Å². The van der Waals surface area contributed by atoms with Crippen molar-refractivity contribution in [2.45, 2.75) is 52.9 Å². The number of hydrogen-bond acceptors (Lipinski definition) is 10. The average molecular weight is 891 g/mol. The molecule has 7 aromatic rings. The first-order valence-corrected chi connectivity index (χ1v) is 20.7. The highest BCUT2D eigenvalue weighted by Crippen LogP contribution is 2.33. The van der Waals surface area contributed by atoms with Crippen molar-refractivity contribution in [2.24, 2.45) is 15.5 Å². The molecule has 10 rings (SSSR count). The van der Waals surface area contributed by atoms with E-state index in [-0.39, 0.29) is 13.4 Å². The molecule has 0 saturated heterocycles. The highest BCUT2D eigenvalue weighted by atomic mass is 79.9. The third kappa shape index (κ3) is 9.48. The van der Waals surface area contributed by atoms with Crippen molar-refractivity contribution in [1.82, 2.24) is 0 Å². The summed E-state index contributed by atoms with van der Waals surface area (Å²) in [6.07, 6.45) is 4.40. The van der Waals surface area contributed by atoms with Gasteiger partial charge in [0, 0.05) is 28.1 Å². The molecule has 62 heavy (non-hydrogen) atoms. The van der Waals surface area contributed by atoms with E-state index in [0.29, 0.717) is 5.56 Å². The molecule has 3 aliphatic rings. The maximum absolute atomic E-state index is 12.0. The Morgan fingerprint density at radius 3 is 1.47 bits per heavy atom. The molecule has 7 aromatic carbocycles. The van der Waals surface area contributed by atoms with Crippen LogP contribution in [0.3, 0.4) is 0 Å². The fraction of sp³-hybridized carbons (Fsp3) is 0.176. The van der Waals surface area contributed by atoms with Gasteiger partial charge in [0.25, 0.3) is 0 Å². The van der Waals surface area contributed by atoms with Crippen LogP contribution in [0.2, 0.25) is 0 Å². The van der Waals surface area contributed by atoms with Crippen LogP contribution in [0.25, 0.3) is 32.3 Å². The van der Waals surface area contributed by atoms with Gasteiger partial charge in [0.2, 0.25) is 0 Å². The van der Waals surface area contributed by atoms with Crippen molar-refractivity contribution in [3.05, 3.63) is 177 Å². The van der Waals surface area contributed by atoms with Gasteiger partial charge in [-0.2, -0.15) is 0 Å². The van der Waals surface area contributed by atoms with Gasteiger partial charge in [-0.1, -0.05) is 148 Å². The lowest BCUT2D eigenvalue weighted by Crippen LogP contribution is -2.04. The van der Waals surface area contributed by atoms with Crippen LogP contribution in [0.1, 0.15) is 77.4 Å². The monoisotopic (exact) mass is 889 g/mol. The van der Waals surface area contributed by atoms with Gasteiger partial charge < -0.3 is 14.4 Å². The van der Waals surface area contributed by atoms with E-state index in [1.165, 1.54) is 36.1 Å². The summed E-state index contributed by atoms with van der Waals surface area (Å²) in [6, 6.07) is 44.2. The molecule has 0 bridgehead atoms. The summed E-state index contributed by atoms with van der Waals surface area (Å²) in [5, 5.41) is 19.0. The number of hydrogen-bond donors (Lipinski definition) is 0. The normalized spacial score (nSPS) is 15.1. The first-order valence-electron chi connectivity index (χ1n) is 19.9. The predicted octanol–water partition coefficient (Wildman–Crippen LogP) is 12.1. The van der Waals surface area contributed by atoms with Crippen molar-refractivity contribution in [1.29, 1.82) is 0 Å². The molecule has 0 radical (unpaired) electrons. The van der Waals surface area contributed by atoms with Gasteiger partial charge in [-0.3, -0.25) is 4.84 Å². The van der Waals surface area contributed by atoms with Crippen LogP contribution in [-0.2, 0) is 43.3 Å². The summed E-state index contributed by atoms with van der Waals surface area (Å²) >= 11 is 3.48. The van der Waals surface area contributed by atoms with E-state index in [9.17, 15) is 14.4 Å².